The third-order valence-electron chi connectivity index (χ3n) is 4.90. The first-order valence-electron chi connectivity index (χ1n) is 9.48. The number of hydrogen-bond acceptors (Lipinski definition) is 4. The number of benzene rings is 2. The Labute approximate surface area is 179 Å². The monoisotopic (exact) mass is 442 g/mol. The second-order valence-corrected chi connectivity index (χ2v) is 7.11. The van der Waals surface area contributed by atoms with Crippen LogP contribution in [-0.2, 0) is 6.18 Å². The summed E-state index contributed by atoms with van der Waals surface area (Å²) in [6.45, 7) is 3.46. The number of hydrogen-bond donors (Lipinski definition) is 2. The summed E-state index contributed by atoms with van der Waals surface area (Å²) in [7, 11) is 0. The van der Waals surface area contributed by atoms with E-state index in [-0.39, 0.29) is 11.4 Å². The normalized spacial score (nSPS) is 11.5. The van der Waals surface area contributed by atoms with Crippen LogP contribution in [0.15, 0.2) is 59.1 Å². The van der Waals surface area contributed by atoms with Crippen LogP contribution in [0.2, 0.25) is 0 Å². The van der Waals surface area contributed by atoms with Gasteiger partial charge in [0, 0.05) is 10.9 Å². The summed E-state index contributed by atoms with van der Waals surface area (Å²) in [6, 6.07) is 13.1. The van der Waals surface area contributed by atoms with Gasteiger partial charge in [0.05, 0.1) is 17.4 Å². The highest BCUT2D eigenvalue weighted by molar-refractivity contribution is 6.01. The molecule has 0 atom stereocenters. The van der Waals surface area contributed by atoms with Crippen LogP contribution in [0.25, 0.3) is 16.7 Å². The number of rotatable bonds is 3. The molecule has 32 heavy (non-hydrogen) atoms. The van der Waals surface area contributed by atoms with Crippen LogP contribution < -0.4 is 10.9 Å². The van der Waals surface area contributed by atoms with Crippen LogP contribution in [-0.4, -0.2) is 21.6 Å². The smallest absolute Gasteiger partial charge is 0.434 e. The quantitative estimate of drug-likeness (QED) is 0.463. The van der Waals surface area contributed by atoms with Crippen LogP contribution >= 0.6 is 0 Å². The summed E-state index contributed by atoms with van der Waals surface area (Å²) in [6.07, 6.45) is -4.07. The first-order valence-corrected chi connectivity index (χ1v) is 9.48. The van der Waals surface area contributed by atoms with E-state index in [1.807, 2.05) is 5.43 Å². The Bertz CT molecular complexity index is 1320. The lowest BCUT2D eigenvalue weighted by Crippen LogP contribution is -2.42. The lowest BCUT2D eigenvalue weighted by molar-refractivity contribution is -0.143. The summed E-state index contributed by atoms with van der Waals surface area (Å²) in [5.74, 6) is -2.03. The Kier molecular flexibility index (Phi) is 5.21. The average Bonchev–Trinajstić information content (AvgIpc) is 3.35. The van der Waals surface area contributed by atoms with E-state index in [0.717, 1.165) is 11.8 Å². The highest BCUT2D eigenvalue weighted by Gasteiger charge is 2.40. The molecule has 164 valence electrons. The van der Waals surface area contributed by atoms with Crippen molar-refractivity contribution in [3.63, 3.8) is 0 Å². The van der Waals surface area contributed by atoms with Crippen LogP contribution in [0.1, 0.15) is 37.7 Å². The lowest BCUT2D eigenvalue weighted by atomic mass is 10.1. The SMILES string of the molecule is Cc1ccc(-n2ncc(C(=O)NNC(=O)c3oc4ccccc4c3C)c2C(F)(F)F)cc1. The Balaban J connectivity index is 1.58. The second-order valence-electron chi connectivity index (χ2n) is 7.11. The minimum absolute atomic E-state index is 0.0575. The lowest BCUT2D eigenvalue weighted by Gasteiger charge is -2.13. The maximum atomic E-state index is 13.8. The van der Waals surface area contributed by atoms with Crippen LogP contribution in [0.3, 0.4) is 0 Å². The largest absolute Gasteiger partial charge is 0.451 e. The van der Waals surface area contributed by atoms with Gasteiger partial charge in [0.25, 0.3) is 5.91 Å². The molecule has 10 heteroatoms. The van der Waals surface area contributed by atoms with Crippen molar-refractivity contribution in [1.29, 1.82) is 0 Å². The summed E-state index contributed by atoms with van der Waals surface area (Å²) < 4.78 is 47.4. The van der Waals surface area contributed by atoms with Crippen LogP contribution in [0, 0.1) is 13.8 Å². The van der Waals surface area contributed by atoms with Crippen molar-refractivity contribution < 1.29 is 27.2 Å². The third-order valence-corrected chi connectivity index (χ3v) is 4.90. The molecule has 0 fully saturated rings. The fourth-order valence-corrected chi connectivity index (χ4v) is 3.30. The number of para-hydroxylation sites is 1. The van der Waals surface area contributed by atoms with Gasteiger partial charge in [-0.3, -0.25) is 20.4 Å². The van der Waals surface area contributed by atoms with E-state index < -0.39 is 29.2 Å². The molecule has 2 heterocycles. The van der Waals surface area contributed by atoms with Crippen molar-refractivity contribution >= 4 is 22.8 Å². The van der Waals surface area contributed by atoms with Crippen molar-refractivity contribution in [1.82, 2.24) is 20.6 Å². The predicted molar refractivity (Wildman–Crippen MR) is 109 cm³/mol. The molecule has 4 rings (SSSR count). The van der Waals surface area contributed by atoms with E-state index in [0.29, 0.717) is 21.2 Å². The number of aryl methyl sites for hydroxylation is 2. The summed E-state index contributed by atoms with van der Waals surface area (Å²) in [5.41, 5.74) is 4.12. The molecule has 2 aromatic heterocycles. The van der Waals surface area contributed by atoms with E-state index >= 15 is 0 Å². The third kappa shape index (κ3) is 3.82. The van der Waals surface area contributed by atoms with E-state index in [4.69, 9.17) is 4.42 Å². The van der Waals surface area contributed by atoms with Gasteiger partial charge in [-0.15, -0.1) is 0 Å². The molecule has 0 radical (unpaired) electrons. The molecule has 0 aliphatic carbocycles. The molecular formula is C22H17F3N4O3. The molecule has 2 aromatic carbocycles. The first-order chi connectivity index (χ1) is 15.2. The second kappa shape index (κ2) is 7.88. The molecule has 7 nitrogen and oxygen atoms in total. The molecular weight excluding hydrogens is 425 g/mol. The molecule has 0 saturated heterocycles. The summed E-state index contributed by atoms with van der Waals surface area (Å²) in [4.78, 5) is 24.9. The number of alkyl halides is 3. The van der Waals surface area contributed by atoms with E-state index in [1.165, 1.54) is 12.1 Å². The zero-order valence-electron chi connectivity index (χ0n) is 16.9. The number of nitrogens with one attached hydrogen (secondary N) is 2. The number of hydrazine groups is 1. The van der Waals surface area contributed by atoms with E-state index in [9.17, 15) is 22.8 Å². The van der Waals surface area contributed by atoms with Crippen molar-refractivity contribution in [2.24, 2.45) is 0 Å². The molecule has 0 aliphatic heterocycles. The Morgan fingerprint density at radius 2 is 1.62 bits per heavy atom. The zero-order chi connectivity index (χ0) is 23.0. The van der Waals surface area contributed by atoms with Crippen molar-refractivity contribution in [3.05, 3.63) is 82.9 Å². The number of amides is 2. The number of fused-ring (bicyclic) bond motifs is 1. The maximum Gasteiger partial charge on any atom is 0.434 e. The zero-order valence-corrected chi connectivity index (χ0v) is 16.9. The van der Waals surface area contributed by atoms with Gasteiger partial charge >= 0.3 is 12.1 Å². The Morgan fingerprint density at radius 3 is 2.28 bits per heavy atom. The fraction of sp³-hybridized carbons (Fsp3) is 0.136. The predicted octanol–water partition coefficient (Wildman–Crippen LogP) is 4.33. The van der Waals surface area contributed by atoms with Crippen LogP contribution in [0.5, 0.6) is 0 Å². The van der Waals surface area contributed by atoms with Gasteiger partial charge in [0.2, 0.25) is 0 Å². The standard InChI is InChI=1S/C22H17F3N4O3/c1-12-7-9-14(10-8-12)29-19(22(23,24)25)16(11-26-29)20(30)27-28-21(31)18-13(2)15-5-3-4-6-17(15)32-18/h3-11H,1-2H3,(H,27,30)(H,28,31). The van der Waals surface area contributed by atoms with Gasteiger partial charge < -0.3 is 4.42 Å². The van der Waals surface area contributed by atoms with Crippen molar-refractivity contribution in [3.8, 4) is 5.69 Å². The highest BCUT2D eigenvalue weighted by Crippen LogP contribution is 2.33. The molecule has 0 unspecified atom stereocenters. The number of halogens is 3. The van der Waals surface area contributed by atoms with Gasteiger partial charge in [0.1, 0.15) is 5.58 Å². The topological polar surface area (TPSA) is 89.2 Å². The number of carbonyl (C=O) groups excluding carboxylic acids is 2. The van der Waals surface area contributed by atoms with Gasteiger partial charge in [-0.05, 0) is 32.0 Å². The van der Waals surface area contributed by atoms with E-state index in [1.54, 1.807) is 50.2 Å². The summed E-state index contributed by atoms with van der Waals surface area (Å²) >= 11 is 0. The number of nitrogens with zero attached hydrogens (tertiary/aromatic N) is 2. The molecule has 0 bridgehead atoms. The highest BCUT2D eigenvalue weighted by atomic mass is 19.4. The number of furan rings is 1. The average molecular weight is 442 g/mol. The van der Waals surface area contributed by atoms with Gasteiger partial charge in [-0.2, -0.15) is 18.3 Å². The molecule has 0 aliphatic rings. The first kappa shape index (κ1) is 21.2. The molecule has 0 saturated carbocycles. The fourth-order valence-electron chi connectivity index (χ4n) is 3.30. The number of carbonyl (C=O) groups is 2. The van der Waals surface area contributed by atoms with Gasteiger partial charge in [-0.1, -0.05) is 35.9 Å². The molecule has 2 N–H and O–H groups in total. The minimum atomic E-state index is -4.87. The Hall–Kier alpha value is -4.08. The van der Waals surface area contributed by atoms with E-state index in [2.05, 4.69) is 10.5 Å². The van der Waals surface area contributed by atoms with Crippen molar-refractivity contribution in [2.45, 2.75) is 20.0 Å². The summed E-state index contributed by atoms with van der Waals surface area (Å²) in [5, 5.41) is 4.45. The molecule has 2 amide bonds. The van der Waals surface area contributed by atoms with Gasteiger partial charge in [0.15, 0.2) is 11.5 Å². The minimum Gasteiger partial charge on any atom is -0.451 e. The van der Waals surface area contributed by atoms with Crippen LogP contribution in [0.4, 0.5) is 13.2 Å². The van der Waals surface area contributed by atoms with Crippen molar-refractivity contribution in [2.75, 3.05) is 0 Å². The van der Waals surface area contributed by atoms with Gasteiger partial charge in [-0.25, -0.2) is 4.68 Å². The Morgan fingerprint density at radius 1 is 0.969 bits per heavy atom. The molecule has 0 spiro atoms. The molecule has 4 aromatic rings. The maximum absolute atomic E-state index is 13.8. The number of aromatic nitrogens is 2.